The second-order valence-corrected chi connectivity index (χ2v) is 1.54. The number of carbonyl (C=O) groups is 1. The van der Waals surface area contributed by atoms with Gasteiger partial charge in [-0.25, -0.2) is 4.79 Å². The van der Waals surface area contributed by atoms with E-state index >= 15 is 0 Å². The fraction of sp³-hybridized carbons (Fsp3) is 0.750. The molecule has 54 valence electrons. The van der Waals surface area contributed by atoms with Gasteiger partial charge in [-0.05, 0) is 0 Å². The maximum atomic E-state index is 11.2. The van der Waals surface area contributed by atoms with Crippen molar-refractivity contribution in [3.63, 3.8) is 0 Å². The average molecular weight is 159 g/mol. The fourth-order valence-corrected chi connectivity index (χ4v) is 0.279. The van der Waals surface area contributed by atoms with Crippen LogP contribution in [0.3, 0.4) is 0 Å². The van der Waals surface area contributed by atoms with E-state index in [-0.39, 0.29) is 12.5 Å². The SMILES string of the molecule is O=C(OCCCl)C(F)F. The summed E-state index contributed by atoms with van der Waals surface area (Å²) in [6.45, 7) is -0.162. The summed E-state index contributed by atoms with van der Waals surface area (Å²) in [5.41, 5.74) is 0. The van der Waals surface area contributed by atoms with Crippen LogP contribution in [0.2, 0.25) is 0 Å². The first-order valence-electron chi connectivity index (χ1n) is 2.19. The predicted octanol–water partition coefficient (Wildman–Crippen LogP) is 1.03. The van der Waals surface area contributed by atoms with E-state index in [0.29, 0.717) is 0 Å². The number of carbonyl (C=O) groups excluding carboxylic acids is 1. The van der Waals surface area contributed by atoms with Gasteiger partial charge in [-0.15, -0.1) is 11.6 Å². The highest BCUT2D eigenvalue weighted by Crippen LogP contribution is 1.94. The standard InChI is InChI=1S/C4H5ClF2O2/c5-1-2-9-4(8)3(6)7/h3H,1-2H2. The zero-order valence-electron chi connectivity index (χ0n) is 4.44. The quantitative estimate of drug-likeness (QED) is 0.453. The first-order valence-corrected chi connectivity index (χ1v) is 2.72. The third-order valence-electron chi connectivity index (χ3n) is 0.500. The summed E-state index contributed by atoms with van der Waals surface area (Å²) in [6.07, 6.45) is -3.05. The van der Waals surface area contributed by atoms with E-state index in [1.54, 1.807) is 0 Å². The minimum Gasteiger partial charge on any atom is -0.460 e. The number of hydrogen-bond acceptors (Lipinski definition) is 2. The minimum absolute atomic E-state index is 0.0401. The predicted molar refractivity (Wildman–Crippen MR) is 27.7 cm³/mol. The van der Waals surface area contributed by atoms with Crippen LogP contribution in [0.25, 0.3) is 0 Å². The van der Waals surface area contributed by atoms with Crippen molar-refractivity contribution in [1.82, 2.24) is 0 Å². The molecule has 0 aliphatic heterocycles. The van der Waals surface area contributed by atoms with E-state index < -0.39 is 12.4 Å². The van der Waals surface area contributed by atoms with Gasteiger partial charge in [-0.1, -0.05) is 0 Å². The number of alkyl halides is 3. The first-order chi connectivity index (χ1) is 4.18. The summed E-state index contributed by atoms with van der Waals surface area (Å²) in [7, 11) is 0. The summed E-state index contributed by atoms with van der Waals surface area (Å²) in [5.74, 6) is -1.48. The highest BCUT2D eigenvalue weighted by molar-refractivity contribution is 6.18. The molecule has 0 bridgehead atoms. The molecule has 0 N–H and O–H groups in total. The van der Waals surface area contributed by atoms with Gasteiger partial charge in [0.05, 0.1) is 5.88 Å². The van der Waals surface area contributed by atoms with E-state index in [1.807, 2.05) is 0 Å². The third-order valence-corrected chi connectivity index (χ3v) is 0.654. The lowest BCUT2D eigenvalue weighted by molar-refractivity contribution is -0.155. The van der Waals surface area contributed by atoms with Crippen molar-refractivity contribution in [2.45, 2.75) is 6.43 Å². The molecule has 0 saturated carbocycles. The maximum absolute atomic E-state index is 11.2. The Labute approximate surface area is 55.7 Å². The Kier molecular flexibility index (Phi) is 4.30. The van der Waals surface area contributed by atoms with Gasteiger partial charge in [0.25, 0.3) is 0 Å². The van der Waals surface area contributed by atoms with E-state index in [4.69, 9.17) is 11.6 Å². The Morgan fingerprint density at radius 1 is 1.67 bits per heavy atom. The zero-order chi connectivity index (χ0) is 7.28. The Hall–Kier alpha value is -0.380. The van der Waals surface area contributed by atoms with Crippen molar-refractivity contribution in [1.29, 1.82) is 0 Å². The largest absolute Gasteiger partial charge is 0.460 e. The van der Waals surface area contributed by atoms with Crippen molar-refractivity contribution in [2.24, 2.45) is 0 Å². The number of esters is 1. The Bertz CT molecular complexity index is 96.6. The van der Waals surface area contributed by atoms with Gasteiger partial charge < -0.3 is 4.74 Å². The Balaban J connectivity index is 3.28. The molecule has 0 atom stereocenters. The highest BCUT2D eigenvalue weighted by Gasteiger charge is 2.15. The molecule has 0 aromatic carbocycles. The zero-order valence-corrected chi connectivity index (χ0v) is 5.20. The van der Waals surface area contributed by atoms with Crippen LogP contribution in [0.15, 0.2) is 0 Å². The van der Waals surface area contributed by atoms with E-state index in [2.05, 4.69) is 4.74 Å². The number of hydrogen-bond donors (Lipinski definition) is 0. The van der Waals surface area contributed by atoms with Gasteiger partial charge in [0.15, 0.2) is 0 Å². The van der Waals surface area contributed by atoms with Crippen LogP contribution in [0, 0.1) is 0 Å². The number of rotatable bonds is 3. The summed E-state index contributed by atoms with van der Waals surface area (Å²) in [4.78, 5) is 9.87. The lowest BCUT2D eigenvalue weighted by atomic mass is 10.7. The second-order valence-electron chi connectivity index (χ2n) is 1.16. The van der Waals surface area contributed by atoms with E-state index in [9.17, 15) is 13.6 Å². The molecule has 0 unspecified atom stereocenters. The molecular formula is C4H5ClF2O2. The highest BCUT2D eigenvalue weighted by atomic mass is 35.5. The molecule has 0 fully saturated rings. The second kappa shape index (κ2) is 4.49. The smallest absolute Gasteiger partial charge is 0.373 e. The van der Waals surface area contributed by atoms with Crippen LogP contribution in [-0.4, -0.2) is 24.9 Å². The normalized spacial score (nSPS) is 9.78. The van der Waals surface area contributed by atoms with Crippen LogP contribution in [0.4, 0.5) is 8.78 Å². The van der Waals surface area contributed by atoms with E-state index in [1.165, 1.54) is 0 Å². The van der Waals surface area contributed by atoms with Crippen LogP contribution >= 0.6 is 11.6 Å². The molecule has 9 heavy (non-hydrogen) atoms. The average Bonchev–Trinajstić information content (AvgIpc) is 1.82. The van der Waals surface area contributed by atoms with Crippen LogP contribution in [-0.2, 0) is 9.53 Å². The van der Waals surface area contributed by atoms with Gasteiger partial charge in [-0.2, -0.15) is 8.78 Å². The van der Waals surface area contributed by atoms with Gasteiger partial charge in [-0.3, -0.25) is 0 Å². The third kappa shape index (κ3) is 4.14. The van der Waals surface area contributed by atoms with Crippen molar-refractivity contribution in [2.75, 3.05) is 12.5 Å². The van der Waals surface area contributed by atoms with Crippen LogP contribution in [0.1, 0.15) is 0 Å². The number of halogens is 3. The molecule has 0 spiro atoms. The summed E-state index contributed by atoms with van der Waals surface area (Å²) in [5, 5.41) is 0. The van der Waals surface area contributed by atoms with Gasteiger partial charge in [0.2, 0.25) is 0 Å². The minimum atomic E-state index is -3.05. The van der Waals surface area contributed by atoms with Crippen molar-refractivity contribution < 1.29 is 18.3 Å². The van der Waals surface area contributed by atoms with Crippen molar-refractivity contribution in [3.05, 3.63) is 0 Å². The Morgan fingerprint density at radius 2 is 2.22 bits per heavy atom. The fourth-order valence-electron chi connectivity index (χ4n) is 0.202. The molecule has 0 rings (SSSR count). The summed E-state index contributed by atoms with van der Waals surface area (Å²) < 4.78 is 26.4. The monoisotopic (exact) mass is 158 g/mol. The summed E-state index contributed by atoms with van der Waals surface area (Å²) >= 11 is 5.03. The van der Waals surface area contributed by atoms with Gasteiger partial charge in [0, 0.05) is 0 Å². The molecule has 0 amide bonds. The molecule has 0 saturated heterocycles. The van der Waals surface area contributed by atoms with E-state index in [0.717, 1.165) is 0 Å². The lowest BCUT2D eigenvalue weighted by Gasteiger charge is -1.98. The summed E-state index contributed by atoms with van der Waals surface area (Å²) in [6, 6.07) is 0. The topological polar surface area (TPSA) is 26.3 Å². The maximum Gasteiger partial charge on any atom is 0.373 e. The lowest BCUT2D eigenvalue weighted by Crippen LogP contribution is -2.15. The first kappa shape index (κ1) is 8.62. The molecule has 5 heteroatoms. The Morgan fingerprint density at radius 3 is 2.56 bits per heavy atom. The van der Waals surface area contributed by atoms with Gasteiger partial charge >= 0.3 is 12.4 Å². The molecule has 0 radical (unpaired) electrons. The molecule has 0 aliphatic rings. The molecule has 2 nitrogen and oxygen atoms in total. The number of ether oxygens (including phenoxy) is 1. The molecule has 0 aromatic rings. The van der Waals surface area contributed by atoms with Crippen molar-refractivity contribution >= 4 is 17.6 Å². The molecular weight excluding hydrogens is 153 g/mol. The van der Waals surface area contributed by atoms with Crippen LogP contribution in [0.5, 0.6) is 0 Å². The molecule has 0 aliphatic carbocycles. The molecule has 0 heterocycles. The van der Waals surface area contributed by atoms with Gasteiger partial charge in [0.1, 0.15) is 6.61 Å². The van der Waals surface area contributed by atoms with Crippen LogP contribution < -0.4 is 0 Å². The molecule has 0 aromatic heterocycles. The van der Waals surface area contributed by atoms with Crippen molar-refractivity contribution in [3.8, 4) is 0 Å².